The van der Waals surface area contributed by atoms with Crippen molar-refractivity contribution in [2.24, 2.45) is 17.2 Å². The van der Waals surface area contributed by atoms with Gasteiger partial charge in [-0.15, -0.1) is 0 Å². The average Bonchev–Trinajstić information content (AvgIpc) is 2.72. The zero-order valence-electron chi connectivity index (χ0n) is 18.9. The van der Waals surface area contributed by atoms with Crippen LogP contribution in [0.4, 0.5) is 0 Å². The lowest BCUT2D eigenvalue weighted by Crippen LogP contribution is -2.58. The molecule has 0 saturated heterocycles. The molecule has 194 valence electrons. The highest BCUT2D eigenvalue weighted by Crippen LogP contribution is 2.06. The van der Waals surface area contributed by atoms with Crippen molar-refractivity contribution in [1.29, 1.82) is 0 Å². The first-order chi connectivity index (χ1) is 15.8. The monoisotopic (exact) mass is 490 g/mol. The molecule has 15 heteroatoms. The Kier molecular flexibility index (Phi) is 14.0. The number of aliphatic hydroxyl groups is 1. The van der Waals surface area contributed by atoms with E-state index in [1.165, 1.54) is 0 Å². The molecule has 0 aromatic carbocycles. The topological polar surface area (TPSA) is 277 Å². The molecule has 0 bridgehead atoms. The Hall–Kier alpha value is -3.30. The number of carbonyl (C=O) groups excluding carboxylic acids is 4. The molecule has 34 heavy (non-hydrogen) atoms. The molecule has 5 atom stereocenters. The summed E-state index contributed by atoms with van der Waals surface area (Å²) >= 11 is 0. The number of nitrogens with two attached hydrogens (primary N) is 3. The first-order valence-corrected chi connectivity index (χ1v) is 10.6. The molecule has 0 spiro atoms. The fourth-order valence-electron chi connectivity index (χ4n) is 2.80. The lowest BCUT2D eigenvalue weighted by Gasteiger charge is -2.25. The first-order valence-electron chi connectivity index (χ1n) is 10.6. The maximum Gasteiger partial charge on any atom is 0.328 e. The van der Waals surface area contributed by atoms with Gasteiger partial charge in [0.15, 0.2) is 6.04 Å². The molecular formula is C19H34N6O9. The normalized spacial score (nSPS) is 15.2. The number of hydrogen-bond donors (Lipinski definition) is 9. The second kappa shape index (κ2) is 15.5. The molecule has 0 radical (unpaired) electrons. The highest BCUT2D eigenvalue weighted by Gasteiger charge is 2.32. The molecule has 0 rings (SSSR count). The van der Waals surface area contributed by atoms with Gasteiger partial charge < -0.3 is 48.5 Å². The van der Waals surface area contributed by atoms with E-state index in [9.17, 15) is 33.9 Å². The summed E-state index contributed by atoms with van der Waals surface area (Å²) in [7, 11) is 0. The van der Waals surface area contributed by atoms with E-state index in [-0.39, 0.29) is 6.42 Å². The quantitative estimate of drug-likeness (QED) is 0.0888. The number of carbonyl (C=O) groups is 6. The van der Waals surface area contributed by atoms with Crippen LogP contribution < -0.4 is 33.2 Å². The van der Waals surface area contributed by atoms with E-state index in [1.807, 2.05) is 5.32 Å². The predicted molar refractivity (Wildman–Crippen MR) is 117 cm³/mol. The third-order valence-electron chi connectivity index (χ3n) is 4.66. The number of aliphatic carboxylic acids is 2. The maximum absolute atomic E-state index is 12.8. The Labute approximate surface area is 195 Å². The molecule has 0 fully saturated rings. The second-order valence-corrected chi connectivity index (χ2v) is 7.68. The molecule has 15 nitrogen and oxygen atoms in total. The van der Waals surface area contributed by atoms with Crippen LogP contribution >= 0.6 is 0 Å². The number of carboxylic acid groups (broad SMARTS) is 2. The van der Waals surface area contributed by atoms with Crippen LogP contribution in [0.5, 0.6) is 0 Å². The summed E-state index contributed by atoms with van der Waals surface area (Å²) in [5.74, 6) is -6.40. The number of rotatable bonds is 17. The van der Waals surface area contributed by atoms with Crippen molar-refractivity contribution in [3.05, 3.63) is 0 Å². The first kappa shape index (κ1) is 30.7. The minimum atomic E-state index is -1.71. The molecule has 5 unspecified atom stereocenters. The number of carboxylic acids is 2. The molecule has 4 amide bonds. The third-order valence-corrected chi connectivity index (χ3v) is 4.66. The van der Waals surface area contributed by atoms with Crippen LogP contribution in [0.1, 0.15) is 45.4 Å². The van der Waals surface area contributed by atoms with Crippen molar-refractivity contribution in [3.63, 3.8) is 0 Å². The molecule has 12 N–H and O–H groups in total. The number of hydrogen-bond acceptors (Lipinski definition) is 9. The Morgan fingerprint density at radius 1 is 0.853 bits per heavy atom. The number of primary amides is 1. The van der Waals surface area contributed by atoms with Crippen LogP contribution in [-0.4, -0.2) is 87.7 Å². The molecule has 0 aliphatic carbocycles. The molecule has 0 aromatic rings. The SMILES string of the molecule is CC(O)C(NC(=O)C(CCC(=O)O)NC(=O)C(CCCCN)NC(=O)C(N)CC(N)=O)C(=O)O. The van der Waals surface area contributed by atoms with Gasteiger partial charge >= 0.3 is 11.9 Å². The van der Waals surface area contributed by atoms with Gasteiger partial charge in [0.2, 0.25) is 23.6 Å². The van der Waals surface area contributed by atoms with Crippen molar-refractivity contribution in [2.45, 2.75) is 75.7 Å². The van der Waals surface area contributed by atoms with E-state index in [4.69, 9.17) is 27.4 Å². The minimum absolute atomic E-state index is 0.0801. The van der Waals surface area contributed by atoms with Gasteiger partial charge in [-0.25, -0.2) is 4.79 Å². The summed E-state index contributed by atoms with van der Waals surface area (Å²) in [5, 5.41) is 34.3. The summed E-state index contributed by atoms with van der Waals surface area (Å²) in [6.07, 6.45) is -1.91. The Morgan fingerprint density at radius 2 is 1.38 bits per heavy atom. The van der Waals surface area contributed by atoms with E-state index >= 15 is 0 Å². The minimum Gasteiger partial charge on any atom is -0.481 e. The van der Waals surface area contributed by atoms with Crippen molar-refractivity contribution < 1.29 is 44.1 Å². The number of amides is 4. The summed E-state index contributed by atoms with van der Waals surface area (Å²) in [4.78, 5) is 70.9. The van der Waals surface area contributed by atoms with Gasteiger partial charge in [0, 0.05) is 6.42 Å². The van der Waals surface area contributed by atoms with Crippen LogP contribution in [-0.2, 0) is 28.8 Å². The summed E-state index contributed by atoms with van der Waals surface area (Å²) in [5.41, 5.74) is 16.0. The van der Waals surface area contributed by atoms with Gasteiger partial charge in [0.05, 0.1) is 18.6 Å². The summed E-state index contributed by atoms with van der Waals surface area (Å²) < 4.78 is 0. The molecule has 0 aromatic heterocycles. The Morgan fingerprint density at radius 3 is 1.85 bits per heavy atom. The van der Waals surface area contributed by atoms with E-state index in [2.05, 4.69) is 10.6 Å². The van der Waals surface area contributed by atoms with Crippen LogP contribution in [0.2, 0.25) is 0 Å². The van der Waals surface area contributed by atoms with E-state index in [1.54, 1.807) is 0 Å². The lowest BCUT2D eigenvalue weighted by atomic mass is 10.0. The largest absolute Gasteiger partial charge is 0.481 e. The van der Waals surface area contributed by atoms with Gasteiger partial charge in [-0.05, 0) is 39.2 Å². The van der Waals surface area contributed by atoms with Crippen LogP contribution in [0.15, 0.2) is 0 Å². The highest BCUT2D eigenvalue weighted by molar-refractivity contribution is 5.95. The van der Waals surface area contributed by atoms with Crippen LogP contribution in [0.25, 0.3) is 0 Å². The van der Waals surface area contributed by atoms with E-state index in [0.29, 0.717) is 19.4 Å². The summed E-state index contributed by atoms with van der Waals surface area (Å²) in [6.45, 7) is 1.44. The number of aliphatic hydroxyl groups excluding tert-OH is 1. The van der Waals surface area contributed by atoms with Gasteiger partial charge in [-0.3, -0.25) is 24.0 Å². The van der Waals surface area contributed by atoms with E-state index < -0.39 is 85.1 Å². The zero-order valence-corrected chi connectivity index (χ0v) is 18.9. The Bertz CT molecular complexity index is 746. The van der Waals surface area contributed by atoms with Gasteiger partial charge in [-0.1, -0.05) is 0 Å². The number of unbranched alkanes of at least 4 members (excludes halogenated alkanes) is 1. The van der Waals surface area contributed by atoms with Gasteiger partial charge in [-0.2, -0.15) is 0 Å². The van der Waals surface area contributed by atoms with Gasteiger partial charge in [0.25, 0.3) is 0 Å². The molecular weight excluding hydrogens is 456 g/mol. The van der Waals surface area contributed by atoms with Crippen molar-refractivity contribution in [1.82, 2.24) is 16.0 Å². The molecule has 0 aliphatic heterocycles. The fourth-order valence-corrected chi connectivity index (χ4v) is 2.80. The summed E-state index contributed by atoms with van der Waals surface area (Å²) in [6, 6.07) is -5.73. The fraction of sp³-hybridized carbons (Fsp3) is 0.684. The number of nitrogens with one attached hydrogen (secondary N) is 3. The van der Waals surface area contributed by atoms with Crippen LogP contribution in [0.3, 0.4) is 0 Å². The highest BCUT2D eigenvalue weighted by atomic mass is 16.4. The standard InChI is InChI=1S/C19H34N6O9/c1-9(26)15(19(33)34)25-18(32)12(5-6-14(28)29)24-17(31)11(4-2-3-7-20)23-16(30)10(21)8-13(22)27/h9-12,15,26H,2-8,20-21H2,1H3,(H2,22,27)(H,23,30)(H,24,31)(H,25,32)(H,28,29)(H,33,34). The van der Waals surface area contributed by atoms with Crippen molar-refractivity contribution in [2.75, 3.05) is 6.54 Å². The molecule has 0 aliphatic rings. The van der Waals surface area contributed by atoms with E-state index in [0.717, 1.165) is 6.92 Å². The van der Waals surface area contributed by atoms with Crippen molar-refractivity contribution in [3.8, 4) is 0 Å². The third kappa shape index (κ3) is 12.1. The average molecular weight is 491 g/mol. The smallest absolute Gasteiger partial charge is 0.328 e. The molecule has 0 heterocycles. The molecule has 0 saturated carbocycles. The lowest BCUT2D eigenvalue weighted by molar-refractivity contribution is -0.145. The maximum atomic E-state index is 12.8. The zero-order chi connectivity index (χ0) is 26.4. The second-order valence-electron chi connectivity index (χ2n) is 7.68. The van der Waals surface area contributed by atoms with Gasteiger partial charge in [0.1, 0.15) is 12.1 Å². The predicted octanol–water partition coefficient (Wildman–Crippen LogP) is -3.90. The Balaban J connectivity index is 5.58. The van der Waals surface area contributed by atoms with Crippen molar-refractivity contribution >= 4 is 35.6 Å². The van der Waals surface area contributed by atoms with Crippen LogP contribution in [0, 0.1) is 0 Å².